The Labute approximate surface area is 229 Å². The molecule has 3 fully saturated rings. The van der Waals surface area contributed by atoms with Crippen LogP contribution in [-0.4, -0.2) is 52.6 Å². The molecule has 0 aromatic heterocycles. The van der Waals surface area contributed by atoms with Crippen molar-refractivity contribution in [1.82, 2.24) is 15.1 Å². The molecule has 2 bridgehead atoms. The van der Waals surface area contributed by atoms with E-state index in [0.717, 1.165) is 49.9 Å². The van der Waals surface area contributed by atoms with Crippen LogP contribution in [0.1, 0.15) is 63.1 Å². The van der Waals surface area contributed by atoms with E-state index >= 15 is 4.39 Å². The topological polar surface area (TPSA) is 85.7 Å². The summed E-state index contributed by atoms with van der Waals surface area (Å²) >= 11 is 0. The van der Waals surface area contributed by atoms with E-state index in [2.05, 4.69) is 35.5 Å². The number of nitrogens with zero attached hydrogens (tertiary/aromatic N) is 3. The van der Waals surface area contributed by atoms with Crippen LogP contribution in [0, 0.1) is 23.1 Å². The zero-order valence-corrected chi connectivity index (χ0v) is 23.2. The van der Waals surface area contributed by atoms with Gasteiger partial charge in [0.15, 0.2) is 0 Å². The first-order valence-corrected chi connectivity index (χ1v) is 13.8. The number of hydrogen-bond donors (Lipinski definition) is 1. The molecule has 39 heavy (non-hydrogen) atoms. The smallest absolute Gasteiger partial charge is 0.411 e. The second-order valence-electron chi connectivity index (χ2n) is 12.3. The first kappa shape index (κ1) is 27.1. The Morgan fingerprint density at radius 3 is 2.41 bits per heavy atom. The van der Waals surface area contributed by atoms with Crippen LogP contribution in [0.2, 0.25) is 0 Å². The molecule has 2 aromatic rings. The number of benzene rings is 2. The summed E-state index contributed by atoms with van der Waals surface area (Å²) in [4.78, 5) is 30.3. The molecule has 2 saturated heterocycles. The third kappa shape index (κ3) is 5.79. The lowest BCUT2D eigenvalue weighted by molar-refractivity contribution is -0.135. The van der Waals surface area contributed by atoms with Gasteiger partial charge in [0, 0.05) is 25.6 Å². The van der Waals surface area contributed by atoms with Gasteiger partial charge < -0.3 is 10.1 Å². The van der Waals surface area contributed by atoms with Gasteiger partial charge in [0.25, 0.3) is 0 Å². The lowest BCUT2D eigenvalue weighted by atomic mass is 9.74. The monoisotopic (exact) mass is 532 g/mol. The van der Waals surface area contributed by atoms with Gasteiger partial charge in [0.2, 0.25) is 5.91 Å². The van der Waals surface area contributed by atoms with E-state index in [9.17, 15) is 14.9 Å². The fourth-order valence-corrected chi connectivity index (χ4v) is 6.31. The third-order valence-corrected chi connectivity index (χ3v) is 8.12. The predicted molar refractivity (Wildman–Crippen MR) is 146 cm³/mol. The Morgan fingerprint density at radius 2 is 1.74 bits per heavy atom. The minimum atomic E-state index is -0.922. The Hall–Kier alpha value is -3.44. The molecule has 2 aromatic carbocycles. The SMILES string of the molecule is CN1Cc2ccc(-c3ccc(C[C@@H](C#N)NC(=O)[C@@H]4C5CCC(CC5)N4C(=O)OC(C)(C)C)c(F)c3)cc2C1. The van der Waals surface area contributed by atoms with Crippen LogP contribution in [0.15, 0.2) is 36.4 Å². The van der Waals surface area contributed by atoms with Gasteiger partial charge in [-0.05, 0) is 99.4 Å². The van der Waals surface area contributed by atoms with Gasteiger partial charge >= 0.3 is 6.09 Å². The van der Waals surface area contributed by atoms with Crippen molar-refractivity contribution in [2.75, 3.05) is 7.05 Å². The van der Waals surface area contributed by atoms with Gasteiger partial charge in [-0.25, -0.2) is 9.18 Å². The van der Waals surface area contributed by atoms with Crippen molar-refractivity contribution in [3.8, 4) is 17.2 Å². The maximum Gasteiger partial charge on any atom is 0.411 e. The van der Waals surface area contributed by atoms with Crippen LogP contribution >= 0.6 is 0 Å². The van der Waals surface area contributed by atoms with Crippen LogP contribution in [0.3, 0.4) is 0 Å². The van der Waals surface area contributed by atoms with E-state index in [4.69, 9.17) is 4.74 Å². The van der Waals surface area contributed by atoms with Crippen LogP contribution in [-0.2, 0) is 29.0 Å². The van der Waals surface area contributed by atoms with E-state index in [-0.39, 0.29) is 24.3 Å². The summed E-state index contributed by atoms with van der Waals surface area (Å²) in [5, 5.41) is 12.6. The number of nitriles is 1. The molecule has 3 aliphatic heterocycles. The highest BCUT2D eigenvalue weighted by molar-refractivity contribution is 5.87. The van der Waals surface area contributed by atoms with Crippen molar-refractivity contribution in [2.24, 2.45) is 5.92 Å². The van der Waals surface area contributed by atoms with E-state index in [1.54, 1.807) is 31.7 Å². The highest BCUT2D eigenvalue weighted by Crippen LogP contribution is 2.40. The molecular formula is C31H37FN4O3. The Bertz CT molecular complexity index is 1310. The molecule has 0 unspecified atom stereocenters. The van der Waals surface area contributed by atoms with Crippen molar-refractivity contribution in [3.05, 3.63) is 58.9 Å². The molecule has 6 rings (SSSR count). The number of ether oxygens (including phenoxy) is 1. The average Bonchev–Trinajstić information content (AvgIpc) is 3.27. The van der Waals surface area contributed by atoms with E-state index in [1.165, 1.54) is 17.2 Å². The fraction of sp³-hybridized carbons (Fsp3) is 0.516. The number of carbonyl (C=O) groups is 2. The normalized spacial score (nSPS) is 23.2. The summed E-state index contributed by atoms with van der Waals surface area (Å²) in [6, 6.07) is 11.7. The molecule has 1 N–H and O–H groups in total. The van der Waals surface area contributed by atoms with E-state index in [1.807, 2.05) is 12.1 Å². The first-order valence-electron chi connectivity index (χ1n) is 13.8. The molecule has 206 valence electrons. The number of hydrogen-bond acceptors (Lipinski definition) is 5. The van der Waals surface area contributed by atoms with Crippen LogP contribution < -0.4 is 5.32 Å². The van der Waals surface area contributed by atoms with Gasteiger partial charge in [-0.1, -0.05) is 24.3 Å². The molecule has 2 amide bonds. The fourth-order valence-electron chi connectivity index (χ4n) is 6.31. The second-order valence-corrected chi connectivity index (χ2v) is 12.3. The molecule has 4 aliphatic rings. The summed E-state index contributed by atoms with van der Waals surface area (Å²) in [7, 11) is 2.08. The van der Waals surface area contributed by atoms with Gasteiger partial charge in [0.05, 0.1) is 6.07 Å². The summed E-state index contributed by atoms with van der Waals surface area (Å²) < 4.78 is 20.8. The van der Waals surface area contributed by atoms with Crippen LogP contribution in [0.5, 0.6) is 0 Å². The summed E-state index contributed by atoms with van der Waals surface area (Å²) in [5.74, 6) is -0.765. The molecule has 2 atom stereocenters. The third-order valence-electron chi connectivity index (χ3n) is 8.12. The predicted octanol–water partition coefficient (Wildman–Crippen LogP) is 5.17. The molecule has 8 heteroatoms. The van der Waals surface area contributed by atoms with Crippen molar-refractivity contribution in [1.29, 1.82) is 5.26 Å². The number of fused-ring (bicyclic) bond motifs is 4. The molecule has 7 nitrogen and oxygen atoms in total. The second kappa shape index (κ2) is 10.6. The summed E-state index contributed by atoms with van der Waals surface area (Å²) in [6.45, 7) is 7.20. The number of halogens is 1. The summed E-state index contributed by atoms with van der Waals surface area (Å²) in [5.41, 5.74) is 3.96. The van der Waals surface area contributed by atoms with Crippen molar-refractivity contribution in [2.45, 2.75) is 89.7 Å². The molecular weight excluding hydrogens is 495 g/mol. The Kier molecular flexibility index (Phi) is 7.39. The van der Waals surface area contributed by atoms with Gasteiger partial charge in [0.1, 0.15) is 23.5 Å². The average molecular weight is 533 g/mol. The lowest BCUT2D eigenvalue weighted by Gasteiger charge is -2.50. The first-order chi connectivity index (χ1) is 18.5. The zero-order valence-electron chi connectivity index (χ0n) is 23.2. The van der Waals surface area contributed by atoms with E-state index < -0.39 is 29.6 Å². The maximum absolute atomic E-state index is 15.2. The molecule has 1 saturated carbocycles. The number of piperidine rings is 2. The van der Waals surface area contributed by atoms with Gasteiger partial charge in [-0.3, -0.25) is 14.6 Å². The quantitative estimate of drug-likeness (QED) is 0.575. The largest absolute Gasteiger partial charge is 0.444 e. The van der Waals surface area contributed by atoms with Crippen LogP contribution in [0.25, 0.3) is 11.1 Å². The minimum absolute atomic E-state index is 0.0185. The van der Waals surface area contributed by atoms with Gasteiger partial charge in [-0.15, -0.1) is 0 Å². The maximum atomic E-state index is 15.2. The Morgan fingerprint density at radius 1 is 1.08 bits per heavy atom. The summed E-state index contributed by atoms with van der Waals surface area (Å²) in [6.07, 6.45) is 2.94. The molecule has 3 heterocycles. The number of amides is 2. The van der Waals surface area contributed by atoms with Crippen molar-refractivity contribution >= 4 is 12.0 Å². The lowest BCUT2D eigenvalue weighted by Crippen LogP contribution is -2.64. The zero-order chi connectivity index (χ0) is 27.9. The number of rotatable bonds is 5. The Balaban J connectivity index is 1.28. The highest BCUT2D eigenvalue weighted by Gasteiger charge is 2.49. The highest BCUT2D eigenvalue weighted by atomic mass is 19.1. The number of carbonyl (C=O) groups excluding carboxylic acids is 2. The van der Waals surface area contributed by atoms with Crippen molar-refractivity contribution < 1.29 is 18.7 Å². The molecule has 0 spiro atoms. The van der Waals surface area contributed by atoms with Gasteiger partial charge in [-0.2, -0.15) is 5.26 Å². The molecule has 1 aliphatic carbocycles. The molecule has 0 radical (unpaired) electrons. The van der Waals surface area contributed by atoms with E-state index in [0.29, 0.717) is 5.56 Å². The number of nitrogens with one attached hydrogen (secondary N) is 1. The van der Waals surface area contributed by atoms with Crippen LogP contribution in [0.4, 0.5) is 9.18 Å². The minimum Gasteiger partial charge on any atom is -0.444 e. The van der Waals surface area contributed by atoms with Crippen molar-refractivity contribution in [3.63, 3.8) is 0 Å². The standard InChI is InChI=1S/C31H37FN4O3/c1-31(2,3)39-30(38)36-26-11-9-19(10-12-26)28(36)29(37)34-25(16-33)14-22-7-5-21(15-27(22)32)20-6-8-23-17-35(4)18-24(23)13-20/h5-8,13,15,19,25-26,28H,9-12,14,17-18H2,1-4H3,(H,34,37)/t19?,25-,26?,28-/m0/s1.